The van der Waals surface area contributed by atoms with Crippen LogP contribution in [0.3, 0.4) is 0 Å². The summed E-state index contributed by atoms with van der Waals surface area (Å²) in [6, 6.07) is 0. The van der Waals surface area contributed by atoms with E-state index in [0.29, 0.717) is 0 Å². The van der Waals surface area contributed by atoms with Gasteiger partial charge in [0, 0.05) is 13.5 Å². The highest BCUT2D eigenvalue weighted by Crippen LogP contribution is 2.37. The molecule has 0 saturated heterocycles. The highest BCUT2D eigenvalue weighted by atomic mass is 15.3. The van der Waals surface area contributed by atoms with Gasteiger partial charge in [0.25, 0.3) is 0 Å². The standard InChI is InChI=1S/C15H28N4/c1-4-5-12-6-7-13(10-16-2)14(8-12)9-15-17-11-18-19(15)3/h11-14,16H,4-10H2,1-3H3. The molecule has 2 rings (SSSR count). The molecule has 0 aromatic carbocycles. The summed E-state index contributed by atoms with van der Waals surface area (Å²) >= 11 is 0. The fourth-order valence-electron chi connectivity index (χ4n) is 3.61. The van der Waals surface area contributed by atoms with Gasteiger partial charge >= 0.3 is 0 Å². The van der Waals surface area contributed by atoms with Gasteiger partial charge < -0.3 is 5.32 Å². The Labute approximate surface area is 117 Å². The Hall–Kier alpha value is -0.900. The second-order valence-electron chi connectivity index (χ2n) is 6.05. The van der Waals surface area contributed by atoms with E-state index in [9.17, 15) is 0 Å². The SMILES string of the molecule is CCCC1CCC(CNC)C(Cc2ncnn2C)C1. The first-order valence-electron chi connectivity index (χ1n) is 7.72. The maximum atomic E-state index is 4.41. The number of hydrogen-bond acceptors (Lipinski definition) is 3. The van der Waals surface area contributed by atoms with Crippen LogP contribution in [-0.4, -0.2) is 28.4 Å². The van der Waals surface area contributed by atoms with Crippen molar-refractivity contribution in [2.75, 3.05) is 13.6 Å². The van der Waals surface area contributed by atoms with Crippen LogP contribution >= 0.6 is 0 Å². The first kappa shape index (κ1) is 14.5. The molecule has 1 aromatic heterocycles. The minimum Gasteiger partial charge on any atom is -0.319 e. The number of hydrogen-bond donors (Lipinski definition) is 1. The van der Waals surface area contributed by atoms with E-state index in [2.05, 4.69) is 29.4 Å². The molecule has 1 aliphatic rings. The molecule has 0 amide bonds. The first-order valence-corrected chi connectivity index (χ1v) is 7.72. The summed E-state index contributed by atoms with van der Waals surface area (Å²) < 4.78 is 1.93. The van der Waals surface area contributed by atoms with Crippen LogP contribution in [-0.2, 0) is 13.5 Å². The average Bonchev–Trinajstić information content (AvgIpc) is 2.79. The van der Waals surface area contributed by atoms with E-state index >= 15 is 0 Å². The van der Waals surface area contributed by atoms with Crippen LogP contribution in [0.15, 0.2) is 6.33 Å². The fraction of sp³-hybridized carbons (Fsp3) is 0.867. The Morgan fingerprint density at radius 1 is 1.37 bits per heavy atom. The molecule has 0 bridgehead atoms. The van der Waals surface area contributed by atoms with Crippen LogP contribution in [0.25, 0.3) is 0 Å². The van der Waals surface area contributed by atoms with Crippen molar-refractivity contribution >= 4 is 0 Å². The molecular weight excluding hydrogens is 236 g/mol. The maximum absolute atomic E-state index is 4.41. The van der Waals surface area contributed by atoms with E-state index in [1.54, 1.807) is 6.33 Å². The second kappa shape index (κ2) is 7.04. The third kappa shape index (κ3) is 3.78. The Bertz CT molecular complexity index is 374. The molecule has 3 unspecified atom stereocenters. The summed E-state index contributed by atoms with van der Waals surface area (Å²) in [6.45, 7) is 3.44. The van der Waals surface area contributed by atoms with Gasteiger partial charge in [-0.25, -0.2) is 4.98 Å². The molecule has 4 heteroatoms. The van der Waals surface area contributed by atoms with Crippen molar-refractivity contribution in [3.8, 4) is 0 Å². The molecule has 0 aliphatic heterocycles. The molecule has 1 N–H and O–H groups in total. The smallest absolute Gasteiger partial charge is 0.138 e. The Morgan fingerprint density at radius 2 is 2.21 bits per heavy atom. The topological polar surface area (TPSA) is 42.7 Å². The van der Waals surface area contributed by atoms with E-state index < -0.39 is 0 Å². The molecule has 1 saturated carbocycles. The minimum atomic E-state index is 0.764. The van der Waals surface area contributed by atoms with Crippen LogP contribution < -0.4 is 5.32 Å². The third-order valence-corrected chi connectivity index (χ3v) is 4.66. The normalized spacial score (nSPS) is 27.6. The second-order valence-corrected chi connectivity index (χ2v) is 6.05. The van der Waals surface area contributed by atoms with Crippen LogP contribution in [0, 0.1) is 17.8 Å². The molecule has 1 aliphatic carbocycles. The van der Waals surface area contributed by atoms with Crippen LogP contribution in [0.4, 0.5) is 0 Å². The molecule has 1 aromatic rings. The Kier molecular flexibility index (Phi) is 5.37. The maximum Gasteiger partial charge on any atom is 0.138 e. The van der Waals surface area contributed by atoms with Crippen LogP contribution in [0.2, 0.25) is 0 Å². The van der Waals surface area contributed by atoms with Crippen LogP contribution in [0.1, 0.15) is 44.9 Å². The fourth-order valence-corrected chi connectivity index (χ4v) is 3.61. The first-order chi connectivity index (χ1) is 9.24. The highest BCUT2D eigenvalue weighted by Gasteiger charge is 2.30. The van der Waals surface area contributed by atoms with E-state index in [-0.39, 0.29) is 0 Å². The molecule has 3 atom stereocenters. The summed E-state index contributed by atoms with van der Waals surface area (Å²) in [5, 5.41) is 7.56. The quantitative estimate of drug-likeness (QED) is 0.858. The van der Waals surface area contributed by atoms with E-state index in [4.69, 9.17) is 0 Å². The minimum absolute atomic E-state index is 0.764. The molecule has 1 fully saturated rings. The zero-order chi connectivity index (χ0) is 13.7. The number of aromatic nitrogens is 3. The van der Waals surface area contributed by atoms with Crippen molar-refractivity contribution in [2.45, 2.75) is 45.4 Å². The lowest BCUT2D eigenvalue weighted by molar-refractivity contribution is 0.166. The summed E-state index contributed by atoms with van der Waals surface area (Å²) in [4.78, 5) is 4.41. The summed E-state index contributed by atoms with van der Waals surface area (Å²) in [7, 11) is 4.07. The molecule has 0 spiro atoms. The molecule has 4 nitrogen and oxygen atoms in total. The molecular formula is C15H28N4. The predicted octanol–water partition coefficient (Wildman–Crippen LogP) is 2.41. The molecule has 0 radical (unpaired) electrons. The van der Waals surface area contributed by atoms with E-state index in [1.165, 1.54) is 32.1 Å². The highest BCUT2D eigenvalue weighted by molar-refractivity contribution is 4.91. The van der Waals surface area contributed by atoms with Gasteiger partial charge in [0.15, 0.2) is 0 Å². The predicted molar refractivity (Wildman–Crippen MR) is 77.9 cm³/mol. The van der Waals surface area contributed by atoms with Gasteiger partial charge in [0.2, 0.25) is 0 Å². The molecule has 1 heterocycles. The number of rotatable bonds is 6. The van der Waals surface area contributed by atoms with Gasteiger partial charge in [-0.05, 0) is 44.2 Å². The van der Waals surface area contributed by atoms with Gasteiger partial charge in [-0.1, -0.05) is 26.2 Å². The van der Waals surface area contributed by atoms with E-state index in [0.717, 1.165) is 36.5 Å². The van der Waals surface area contributed by atoms with Gasteiger partial charge in [0.05, 0.1) is 0 Å². The lowest BCUT2D eigenvalue weighted by Gasteiger charge is -2.36. The largest absolute Gasteiger partial charge is 0.319 e. The lowest BCUT2D eigenvalue weighted by Crippen LogP contribution is -2.33. The van der Waals surface area contributed by atoms with Crippen molar-refractivity contribution in [1.29, 1.82) is 0 Å². The van der Waals surface area contributed by atoms with Gasteiger partial charge in [0.1, 0.15) is 12.2 Å². The van der Waals surface area contributed by atoms with Gasteiger partial charge in [-0.15, -0.1) is 0 Å². The van der Waals surface area contributed by atoms with Gasteiger partial charge in [-0.2, -0.15) is 5.10 Å². The molecule has 19 heavy (non-hydrogen) atoms. The Morgan fingerprint density at radius 3 is 2.84 bits per heavy atom. The van der Waals surface area contributed by atoms with Crippen molar-refractivity contribution in [3.63, 3.8) is 0 Å². The zero-order valence-corrected chi connectivity index (χ0v) is 12.6. The lowest BCUT2D eigenvalue weighted by atomic mass is 9.71. The van der Waals surface area contributed by atoms with Crippen molar-refractivity contribution < 1.29 is 0 Å². The average molecular weight is 264 g/mol. The summed E-state index contributed by atoms with van der Waals surface area (Å²) in [5.74, 6) is 3.63. The number of nitrogens with one attached hydrogen (secondary N) is 1. The van der Waals surface area contributed by atoms with E-state index in [1.807, 2.05) is 11.7 Å². The van der Waals surface area contributed by atoms with Gasteiger partial charge in [-0.3, -0.25) is 4.68 Å². The summed E-state index contributed by atoms with van der Waals surface area (Å²) in [6.07, 6.45) is 9.62. The zero-order valence-electron chi connectivity index (χ0n) is 12.6. The van der Waals surface area contributed by atoms with Crippen molar-refractivity contribution in [1.82, 2.24) is 20.1 Å². The number of nitrogens with zero attached hydrogens (tertiary/aromatic N) is 3. The van der Waals surface area contributed by atoms with Crippen LogP contribution in [0.5, 0.6) is 0 Å². The monoisotopic (exact) mass is 264 g/mol. The summed E-state index contributed by atoms with van der Waals surface area (Å²) in [5.41, 5.74) is 0. The third-order valence-electron chi connectivity index (χ3n) is 4.66. The van der Waals surface area contributed by atoms with Crippen molar-refractivity contribution in [2.24, 2.45) is 24.8 Å². The number of aryl methyl sites for hydroxylation is 1. The molecule has 108 valence electrons. The van der Waals surface area contributed by atoms with Crippen molar-refractivity contribution in [3.05, 3.63) is 12.2 Å². The Balaban J connectivity index is 2.00.